The number of benzene rings is 2. The van der Waals surface area contributed by atoms with E-state index < -0.39 is 22.0 Å². The lowest BCUT2D eigenvalue weighted by Gasteiger charge is -2.10. The zero-order valence-electron chi connectivity index (χ0n) is 15.0. The molecule has 1 N–H and O–H groups in total. The number of nitrogens with one attached hydrogen (secondary N) is 1. The molecular formula is C19H17N3O5S. The molecule has 144 valence electrons. The first-order chi connectivity index (χ1) is 13.4. The van der Waals surface area contributed by atoms with Gasteiger partial charge in [0.05, 0.1) is 16.5 Å². The molecule has 0 radical (unpaired) electrons. The number of amidine groups is 1. The minimum Gasteiger partial charge on any atom is -0.490 e. The standard InChI is InChI=1S/C19H17N3O5S/c1-13(21-18-16-4-2-3-5-17(16)28(24,25)22-18)19(23)27-11-10-26-15-8-6-14(12-20)7-9-15/h2-9,13H,10-11H2,1H3,(H,21,22)/t13-/m0/s1. The predicted octanol–water partition coefficient (Wildman–Crippen LogP) is 1.61. The third kappa shape index (κ3) is 4.29. The third-order valence-corrected chi connectivity index (χ3v) is 5.30. The maximum absolute atomic E-state index is 12.1. The largest absolute Gasteiger partial charge is 0.490 e. The van der Waals surface area contributed by atoms with Gasteiger partial charge in [-0.3, -0.25) is 9.71 Å². The highest BCUT2D eigenvalue weighted by atomic mass is 32.2. The smallest absolute Gasteiger partial charge is 0.330 e. The fourth-order valence-corrected chi connectivity index (χ4v) is 3.76. The second kappa shape index (κ2) is 8.10. The van der Waals surface area contributed by atoms with Crippen molar-refractivity contribution in [1.82, 2.24) is 4.72 Å². The first-order valence-electron chi connectivity index (χ1n) is 8.40. The van der Waals surface area contributed by atoms with Gasteiger partial charge in [-0.2, -0.15) is 5.26 Å². The number of sulfonamides is 1. The monoisotopic (exact) mass is 399 g/mol. The van der Waals surface area contributed by atoms with Crippen LogP contribution in [0.3, 0.4) is 0 Å². The van der Waals surface area contributed by atoms with E-state index in [1.165, 1.54) is 13.0 Å². The molecule has 9 heteroatoms. The molecule has 28 heavy (non-hydrogen) atoms. The van der Waals surface area contributed by atoms with Crippen LogP contribution in [-0.2, 0) is 19.6 Å². The maximum Gasteiger partial charge on any atom is 0.330 e. The molecule has 0 unspecified atom stereocenters. The zero-order chi connectivity index (χ0) is 20.1. The Morgan fingerprint density at radius 3 is 2.61 bits per heavy atom. The molecule has 1 heterocycles. The van der Waals surface area contributed by atoms with Crippen LogP contribution in [0.2, 0.25) is 0 Å². The lowest BCUT2D eigenvalue weighted by molar-refractivity contribution is -0.145. The zero-order valence-corrected chi connectivity index (χ0v) is 15.8. The second-order valence-corrected chi connectivity index (χ2v) is 7.56. The molecule has 0 spiro atoms. The van der Waals surface area contributed by atoms with Crippen LogP contribution < -0.4 is 9.46 Å². The fraction of sp³-hybridized carbons (Fsp3) is 0.211. The van der Waals surface area contributed by atoms with Gasteiger partial charge in [-0.25, -0.2) is 13.2 Å². The van der Waals surface area contributed by atoms with Crippen LogP contribution in [0.1, 0.15) is 18.1 Å². The average Bonchev–Trinajstić information content (AvgIpc) is 2.96. The average molecular weight is 399 g/mol. The number of esters is 1. The Morgan fingerprint density at radius 2 is 1.89 bits per heavy atom. The number of rotatable bonds is 6. The van der Waals surface area contributed by atoms with Crippen molar-refractivity contribution in [2.45, 2.75) is 17.9 Å². The van der Waals surface area contributed by atoms with Crippen molar-refractivity contribution in [1.29, 1.82) is 5.26 Å². The van der Waals surface area contributed by atoms with E-state index in [0.717, 1.165) is 0 Å². The van der Waals surface area contributed by atoms with Crippen molar-refractivity contribution in [2.75, 3.05) is 13.2 Å². The van der Waals surface area contributed by atoms with Gasteiger partial charge in [-0.1, -0.05) is 12.1 Å². The molecule has 8 nitrogen and oxygen atoms in total. The second-order valence-electron chi connectivity index (χ2n) is 5.91. The normalized spacial score (nSPS) is 16.5. The van der Waals surface area contributed by atoms with Crippen molar-refractivity contribution in [3.05, 3.63) is 59.7 Å². The minimum absolute atomic E-state index is 0.0103. The number of hydrogen-bond donors (Lipinski definition) is 1. The summed E-state index contributed by atoms with van der Waals surface area (Å²) in [4.78, 5) is 16.4. The quantitative estimate of drug-likeness (QED) is 0.582. The van der Waals surface area contributed by atoms with E-state index >= 15 is 0 Å². The summed E-state index contributed by atoms with van der Waals surface area (Å²) in [5.74, 6) is 0.0775. The number of carbonyl (C=O) groups is 1. The topological polar surface area (TPSA) is 118 Å². The van der Waals surface area contributed by atoms with Crippen molar-refractivity contribution in [3.8, 4) is 11.8 Å². The van der Waals surface area contributed by atoms with Crippen molar-refractivity contribution in [2.24, 2.45) is 4.99 Å². The summed E-state index contributed by atoms with van der Waals surface area (Å²) in [6.45, 7) is 1.67. The summed E-state index contributed by atoms with van der Waals surface area (Å²) in [5, 5.41) is 8.74. The molecule has 1 aliphatic heterocycles. The lowest BCUT2D eigenvalue weighted by atomic mass is 10.2. The first kappa shape index (κ1) is 19.4. The van der Waals surface area contributed by atoms with E-state index in [9.17, 15) is 13.2 Å². The van der Waals surface area contributed by atoms with Crippen LogP contribution in [0.15, 0.2) is 58.4 Å². The van der Waals surface area contributed by atoms with Gasteiger partial charge >= 0.3 is 5.97 Å². The van der Waals surface area contributed by atoms with Crippen molar-refractivity contribution >= 4 is 21.8 Å². The van der Waals surface area contributed by atoms with Gasteiger partial charge in [-0.05, 0) is 43.3 Å². The van der Waals surface area contributed by atoms with Gasteiger partial charge in [0.2, 0.25) is 0 Å². The van der Waals surface area contributed by atoms with Gasteiger partial charge in [-0.15, -0.1) is 0 Å². The molecule has 0 saturated heterocycles. The number of carbonyl (C=O) groups excluding carboxylic acids is 1. The Balaban J connectivity index is 1.54. The van der Waals surface area contributed by atoms with Crippen LogP contribution in [0.25, 0.3) is 0 Å². The number of aliphatic imine (C=N–C) groups is 1. The fourth-order valence-electron chi connectivity index (χ4n) is 2.52. The van der Waals surface area contributed by atoms with Crippen LogP contribution >= 0.6 is 0 Å². The van der Waals surface area contributed by atoms with Crippen LogP contribution in [0.4, 0.5) is 0 Å². The SMILES string of the molecule is C[C@H](N=C1NS(=O)(=O)c2ccccc21)C(=O)OCCOc1ccc(C#N)cc1. The predicted molar refractivity (Wildman–Crippen MR) is 100 cm³/mol. The van der Waals surface area contributed by atoms with E-state index in [0.29, 0.717) is 16.9 Å². The molecule has 1 aliphatic rings. The molecule has 2 aromatic rings. The summed E-state index contributed by atoms with van der Waals surface area (Å²) in [6, 6.07) is 14.1. The number of nitrogens with zero attached hydrogens (tertiary/aromatic N) is 2. The number of hydrogen-bond acceptors (Lipinski definition) is 7. The van der Waals surface area contributed by atoms with E-state index in [1.54, 1.807) is 42.5 Å². The van der Waals surface area contributed by atoms with E-state index in [1.807, 2.05) is 6.07 Å². The Bertz CT molecular complexity index is 1060. The Labute approximate surface area is 162 Å². The van der Waals surface area contributed by atoms with Crippen LogP contribution in [0, 0.1) is 11.3 Å². The number of nitriles is 1. The molecule has 0 fully saturated rings. The summed E-state index contributed by atoms with van der Waals surface area (Å²) in [5.41, 5.74) is 0.946. The molecule has 1 atom stereocenters. The van der Waals surface area contributed by atoms with Crippen LogP contribution in [-0.4, -0.2) is 39.5 Å². The van der Waals surface area contributed by atoms with Gasteiger partial charge in [0.25, 0.3) is 10.0 Å². The highest BCUT2D eigenvalue weighted by Gasteiger charge is 2.31. The maximum atomic E-state index is 12.1. The van der Waals surface area contributed by atoms with Crippen LogP contribution in [0.5, 0.6) is 5.75 Å². The molecule has 0 aliphatic carbocycles. The van der Waals surface area contributed by atoms with Gasteiger partial charge in [0, 0.05) is 5.56 Å². The van der Waals surface area contributed by atoms with Gasteiger partial charge in [0.1, 0.15) is 30.8 Å². The Kier molecular flexibility index (Phi) is 5.61. The first-order valence-corrected chi connectivity index (χ1v) is 9.88. The minimum atomic E-state index is -3.66. The van der Waals surface area contributed by atoms with E-state index in [4.69, 9.17) is 14.7 Å². The number of ether oxygens (including phenoxy) is 2. The highest BCUT2D eigenvalue weighted by Crippen LogP contribution is 2.22. The molecule has 0 aromatic heterocycles. The molecule has 2 aromatic carbocycles. The summed E-state index contributed by atoms with van der Waals surface area (Å²) >= 11 is 0. The molecule has 0 bridgehead atoms. The lowest BCUT2D eigenvalue weighted by Crippen LogP contribution is -2.27. The molecule has 3 rings (SSSR count). The summed E-state index contributed by atoms with van der Waals surface area (Å²) in [6.07, 6.45) is 0. The van der Waals surface area contributed by atoms with E-state index in [-0.39, 0.29) is 23.9 Å². The molecule has 0 saturated carbocycles. The molecule has 0 amide bonds. The summed E-state index contributed by atoms with van der Waals surface area (Å²) < 4.78 is 37.0. The highest BCUT2D eigenvalue weighted by molar-refractivity contribution is 7.90. The Morgan fingerprint density at radius 1 is 1.18 bits per heavy atom. The van der Waals surface area contributed by atoms with Crippen molar-refractivity contribution < 1.29 is 22.7 Å². The summed E-state index contributed by atoms with van der Waals surface area (Å²) in [7, 11) is -3.66. The number of fused-ring (bicyclic) bond motifs is 1. The van der Waals surface area contributed by atoms with Gasteiger partial charge in [0.15, 0.2) is 0 Å². The van der Waals surface area contributed by atoms with E-state index in [2.05, 4.69) is 9.71 Å². The molecular weight excluding hydrogens is 382 g/mol. The van der Waals surface area contributed by atoms with Gasteiger partial charge < -0.3 is 9.47 Å². The Hall–Kier alpha value is -3.38. The van der Waals surface area contributed by atoms with Crippen molar-refractivity contribution in [3.63, 3.8) is 0 Å². The third-order valence-electron chi connectivity index (χ3n) is 3.91.